The maximum atomic E-state index is 12.8. The first-order valence-corrected chi connectivity index (χ1v) is 10.4. The van der Waals surface area contributed by atoms with E-state index in [0.717, 1.165) is 36.4 Å². The van der Waals surface area contributed by atoms with Crippen molar-refractivity contribution in [2.75, 3.05) is 24.5 Å². The molecule has 30 heavy (non-hydrogen) atoms. The molecule has 7 heteroatoms. The van der Waals surface area contributed by atoms with E-state index in [1.54, 1.807) is 6.20 Å². The summed E-state index contributed by atoms with van der Waals surface area (Å²) in [7, 11) is 0. The number of hydrogen-bond donors (Lipinski definition) is 1. The molecule has 1 saturated carbocycles. The van der Waals surface area contributed by atoms with Crippen molar-refractivity contribution in [1.82, 2.24) is 19.7 Å². The largest absolute Gasteiger partial charge is 0.422 e. The van der Waals surface area contributed by atoms with Crippen LogP contribution in [0.2, 0.25) is 0 Å². The SMILES string of the molecule is Cc1cn2cc(-c3cc4ccc(N5CC67CNC(C5)(C6)C7)cc4oc3=O)nc2cn1. The first kappa shape index (κ1) is 16.6. The van der Waals surface area contributed by atoms with Gasteiger partial charge in [-0.1, -0.05) is 0 Å². The number of aromatic nitrogens is 3. The predicted octanol–water partition coefficient (Wildman–Crippen LogP) is 2.75. The minimum absolute atomic E-state index is 0.300. The lowest BCUT2D eigenvalue weighted by atomic mass is 9.59. The number of nitrogens with zero attached hydrogens (tertiary/aromatic N) is 4. The highest BCUT2D eigenvalue weighted by molar-refractivity contribution is 5.84. The lowest BCUT2D eigenvalue weighted by molar-refractivity contribution is 0.0849. The molecule has 9 rings (SSSR count). The Morgan fingerprint density at radius 2 is 2.07 bits per heavy atom. The Labute approximate surface area is 172 Å². The third kappa shape index (κ3) is 2.21. The highest BCUT2D eigenvalue weighted by Crippen LogP contribution is 2.58. The van der Waals surface area contributed by atoms with Crippen molar-refractivity contribution in [2.24, 2.45) is 5.41 Å². The molecule has 7 heterocycles. The van der Waals surface area contributed by atoms with E-state index in [0.29, 0.717) is 33.4 Å². The first-order valence-electron chi connectivity index (χ1n) is 10.4. The van der Waals surface area contributed by atoms with Crippen molar-refractivity contribution >= 4 is 22.3 Å². The van der Waals surface area contributed by atoms with Gasteiger partial charge in [0.15, 0.2) is 5.65 Å². The third-order valence-electron chi connectivity index (χ3n) is 7.12. The summed E-state index contributed by atoms with van der Waals surface area (Å²) < 4.78 is 7.62. The molecule has 5 aliphatic rings. The highest BCUT2D eigenvalue weighted by Gasteiger charge is 2.64. The molecule has 1 aliphatic carbocycles. The van der Waals surface area contributed by atoms with Crippen molar-refractivity contribution in [1.29, 1.82) is 0 Å². The zero-order chi connectivity index (χ0) is 20.1. The molecule has 7 nitrogen and oxygen atoms in total. The lowest BCUT2D eigenvalue weighted by Crippen LogP contribution is -2.64. The fraction of sp³-hybridized carbons (Fsp3) is 0.348. The molecule has 0 radical (unpaired) electrons. The number of rotatable bonds is 2. The fourth-order valence-corrected chi connectivity index (χ4v) is 5.96. The van der Waals surface area contributed by atoms with Crippen LogP contribution in [0.25, 0.3) is 27.9 Å². The standard InChI is InChI=1S/C23H21N5O2/c1-14-7-27-8-18(26-20(27)6-24-14)17-4-15-2-3-16(5-19(15)30-21(17)29)28-12-22-9-23(10-22,13-28)25-11-22/h2-8,25H,9-13H2,1H3. The number of aryl methyl sites for hydroxylation is 1. The highest BCUT2D eigenvalue weighted by atomic mass is 16.4. The van der Waals surface area contributed by atoms with Gasteiger partial charge < -0.3 is 19.0 Å². The Balaban J connectivity index is 1.28. The molecule has 2 bridgehead atoms. The van der Waals surface area contributed by atoms with Gasteiger partial charge >= 0.3 is 5.63 Å². The molecule has 3 aromatic heterocycles. The quantitative estimate of drug-likeness (QED) is 0.523. The van der Waals surface area contributed by atoms with E-state index < -0.39 is 0 Å². The zero-order valence-corrected chi connectivity index (χ0v) is 16.7. The first-order chi connectivity index (χ1) is 14.5. The summed E-state index contributed by atoms with van der Waals surface area (Å²) in [5.74, 6) is 0. The molecular weight excluding hydrogens is 378 g/mol. The van der Waals surface area contributed by atoms with Crippen molar-refractivity contribution < 1.29 is 4.42 Å². The van der Waals surface area contributed by atoms with E-state index in [1.807, 2.05) is 41.9 Å². The van der Waals surface area contributed by atoms with Gasteiger partial charge in [0.2, 0.25) is 0 Å². The van der Waals surface area contributed by atoms with Crippen LogP contribution in [0.5, 0.6) is 0 Å². The van der Waals surface area contributed by atoms with Crippen LogP contribution in [-0.2, 0) is 0 Å². The van der Waals surface area contributed by atoms with Gasteiger partial charge in [-0.25, -0.2) is 9.78 Å². The predicted molar refractivity (Wildman–Crippen MR) is 114 cm³/mol. The molecule has 5 fully saturated rings. The van der Waals surface area contributed by atoms with Gasteiger partial charge in [0, 0.05) is 60.1 Å². The van der Waals surface area contributed by atoms with Gasteiger partial charge in [0.05, 0.1) is 23.1 Å². The molecule has 0 amide bonds. The molecule has 0 spiro atoms. The Morgan fingerprint density at radius 3 is 2.93 bits per heavy atom. The van der Waals surface area contributed by atoms with Crippen LogP contribution in [0.4, 0.5) is 5.69 Å². The summed E-state index contributed by atoms with van der Waals surface area (Å²) in [6.07, 6.45) is 8.05. The van der Waals surface area contributed by atoms with Gasteiger partial charge in [0.25, 0.3) is 0 Å². The van der Waals surface area contributed by atoms with Gasteiger partial charge in [0.1, 0.15) is 5.58 Å². The van der Waals surface area contributed by atoms with Crippen LogP contribution >= 0.6 is 0 Å². The topological polar surface area (TPSA) is 75.7 Å². The molecule has 4 saturated heterocycles. The van der Waals surface area contributed by atoms with Crippen molar-refractivity contribution in [3.05, 3.63) is 59.0 Å². The van der Waals surface area contributed by atoms with E-state index in [-0.39, 0.29) is 5.63 Å². The molecule has 1 N–H and O–H groups in total. The average Bonchev–Trinajstić information content (AvgIpc) is 3.35. The van der Waals surface area contributed by atoms with Gasteiger partial charge in [-0.3, -0.25) is 4.98 Å². The van der Waals surface area contributed by atoms with Crippen molar-refractivity contribution in [3.8, 4) is 11.3 Å². The Morgan fingerprint density at radius 1 is 1.17 bits per heavy atom. The van der Waals surface area contributed by atoms with E-state index in [4.69, 9.17) is 4.42 Å². The number of fused-ring (bicyclic) bond motifs is 5. The monoisotopic (exact) mass is 399 g/mol. The molecule has 150 valence electrons. The van der Waals surface area contributed by atoms with Crippen molar-refractivity contribution in [2.45, 2.75) is 25.3 Å². The number of piperidine rings is 2. The minimum atomic E-state index is -0.367. The van der Waals surface area contributed by atoms with Crippen LogP contribution in [0, 0.1) is 12.3 Å². The molecule has 0 unspecified atom stereocenters. The zero-order valence-electron chi connectivity index (χ0n) is 16.7. The Hall–Kier alpha value is -3.19. The van der Waals surface area contributed by atoms with Gasteiger partial charge in [-0.05, 0) is 38.0 Å². The third-order valence-corrected chi connectivity index (χ3v) is 7.12. The van der Waals surface area contributed by atoms with Crippen LogP contribution in [0.1, 0.15) is 18.5 Å². The van der Waals surface area contributed by atoms with Crippen molar-refractivity contribution in [3.63, 3.8) is 0 Å². The maximum absolute atomic E-state index is 12.8. The van der Waals surface area contributed by atoms with Crippen LogP contribution in [0.15, 0.2) is 52.1 Å². The number of anilines is 1. The van der Waals surface area contributed by atoms with E-state index >= 15 is 0 Å². The second-order valence-corrected chi connectivity index (χ2v) is 9.43. The molecule has 0 atom stereocenters. The summed E-state index contributed by atoms with van der Waals surface area (Å²) in [6, 6.07) is 8.07. The summed E-state index contributed by atoms with van der Waals surface area (Å²) in [4.78, 5) is 24.0. The average molecular weight is 399 g/mol. The second-order valence-electron chi connectivity index (χ2n) is 9.43. The second kappa shape index (κ2) is 5.29. The van der Waals surface area contributed by atoms with E-state index in [1.165, 1.54) is 12.8 Å². The number of imidazole rings is 1. The summed E-state index contributed by atoms with van der Waals surface area (Å²) in [5, 5.41) is 4.62. The molecule has 4 aromatic rings. The molecular formula is C23H21N5O2. The lowest BCUT2D eigenvalue weighted by Gasteiger charge is -2.56. The van der Waals surface area contributed by atoms with Crippen LogP contribution in [-0.4, -0.2) is 39.5 Å². The van der Waals surface area contributed by atoms with Gasteiger partial charge in [-0.2, -0.15) is 0 Å². The number of nitrogens with one attached hydrogen (secondary N) is 1. The maximum Gasteiger partial charge on any atom is 0.345 e. The summed E-state index contributed by atoms with van der Waals surface area (Å²) in [6.45, 7) is 5.15. The Kier molecular flexibility index (Phi) is 2.92. The normalized spacial score (nSPS) is 27.0. The van der Waals surface area contributed by atoms with E-state index in [9.17, 15) is 4.79 Å². The number of benzene rings is 1. The van der Waals surface area contributed by atoms with Gasteiger partial charge in [-0.15, -0.1) is 0 Å². The summed E-state index contributed by atoms with van der Waals surface area (Å²) in [5.41, 5.74) is 4.78. The van der Waals surface area contributed by atoms with Crippen LogP contribution < -0.4 is 15.8 Å². The molecule has 4 aliphatic heterocycles. The van der Waals surface area contributed by atoms with E-state index in [2.05, 4.69) is 26.3 Å². The number of hydrogen-bond acceptors (Lipinski definition) is 6. The van der Waals surface area contributed by atoms with Crippen LogP contribution in [0.3, 0.4) is 0 Å². The smallest absolute Gasteiger partial charge is 0.345 e. The fourth-order valence-electron chi connectivity index (χ4n) is 5.96. The minimum Gasteiger partial charge on any atom is -0.422 e. The Bertz CT molecular complexity index is 1390. The molecule has 1 aromatic carbocycles. The summed E-state index contributed by atoms with van der Waals surface area (Å²) >= 11 is 0.